The Bertz CT molecular complexity index is 760. The maximum absolute atomic E-state index is 13.2. The van der Waals surface area contributed by atoms with Crippen molar-refractivity contribution in [1.82, 2.24) is 16.0 Å². The van der Waals surface area contributed by atoms with Gasteiger partial charge in [-0.2, -0.15) is 0 Å². The van der Waals surface area contributed by atoms with Gasteiger partial charge in [-0.15, -0.1) is 0 Å². The number of nitrogens with two attached hydrogens (primary N) is 5. The molecule has 0 aliphatic carbocycles. The number of unbranched alkanes of at least 4 members (excludes halogenated alkanes) is 2. The number of carbonyl (C=O) groups is 4. The second-order valence-electron chi connectivity index (χ2n) is 9.78. The normalized spacial score (nSPS) is 14.2. The minimum atomic E-state index is -1.22. The van der Waals surface area contributed by atoms with Crippen LogP contribution in [-0.2, 0) is 19.2 Å². The molecule has 0 saturated carbocycles. The van der Waals surface area contributed by atoms with E-state index in [-0.39, 0.29) is 31.3 Å². The third-order valence-electron chi connectivity index (χ3n) is 5.78. The summed E-state index contributed by atoms with van der Waals surface area (Å²) in [6, 6.07) is -3.92. The van der Waals surface area contributed by atoms with Gasteiger partial charge in [0, 0.05) is 6.54 Å². The zero-order valence-electron chi connectivity index (χ0n) is 22.8. The maximum Gasteiger partial charge on any atom is 0.326 e. The van der Waals surface area contributed by atoms with Crippen molar-refractivity contribution >= 4 is 29.7 Å². The van der Waals surface area contributed by atoms with Crippen molar-refractivity contribution in [3.05, 3.63) is 0 Å². The van der Waals surface area contributed by atoms with Gasteiger partial charge in [0.25, 0.3) is 0 Å². The number of hydrogen-bond acceptors (Lipinski definition) is 8. The van der Waals surface area contributed by atoms with E-state index in [1.54, 1.807) is 0 Å². The van der Waals surface area contributed by atoms with Gasteiger partial charge in [0.15, 0.2) is 5.96 Å². The lowest BCUT2D eigenvalue weighted by molar-refractivity contribution is -0.142. The molecule has 0 unspecified atom stereocenters. The van der Waals surface area contributed by atoms with Crippen molar-refractivity contribution in [2.75, 3.05) is 19.6 Å². The summed E-state index contributed by atoms with van der Waals surface area (Å²) in [4.78, 5) is 54.4. The van der Waals surface area contributed by atoms with Crippen LogP contribution in [0.4, 0.5) is 0 Å². The molecule has 0 aliphatic heterocycles. The molecule has 220 valence electrons. The lowest BCUT2D eigenvalue weighted by atomic mass is 10.0. The quantitative estimate of drug-likeness (QED) is 0.0445. The summed E-state index contributed by atoms with van der Waals surface area (Å²) < 4.78 is 0. The van der Waals surface area contributed by atoms with E-state index in [0.717, 1.165) is 0 Å². The predicted octanol–water partition coefficient (Wildman–Crippen LogP) is -1.79. The molecule has 0 fully saturated rings. The van der Waals surface area contributed by atoms with Crippen molar-refractivity contribution in [1.29, 1.82) is 0 Å². The van der Waals surface area contributed by atoms with Gasteiger partial charge in [0.05, 0.1) is 6.04 Å². The van der Waals surface area contributed by atoms with Crippen LogP contribution in [0.1, 0.15) is 71.6 Å². The van der Waals surface area contributed by atoms with Crippen molar-refractivity contribution in [2.24, 2.45) is 39.6 Å². The number of rotatable bonds is 21. The van der Waals surface area contributed by atoms with Gasteiger partial charge in [-0.05, 0) is 76.8 Å². The van der Waals surface area contributed by atoms with Gasteiger partial charge in [-0.25, -0.2) is 4.79 Å². The zero-order chi connectivity index (χ0) is 29.1. The largest absolute Gasteiger partial charge is 0.480 e. The first-order chi connectivity index (χ1) is 17.9. The van der Waals surface area contributed by atoms with Gasteiger partial charge in [-0.3, -0.25) is 19.4 Å². The van der Waals surface area contributed by atoms with Crippen molar-refractivity contribution < 1.29 is 24.3 Å². The number of aliphatic carboxylic acids is 1. The number of nitrogens with one attached hydrogen (secondary N) is 3. The fraction of sp³-hybridized carbons (Fsp3) is 0.792. The molecule has 4 atom stereocenters. The number of carbonyl (C=O) groups excluding carboxylic acids is 3. The minimum absolute atomic E-state index is 0.0901. The molecule has 0 rings (SSSR count). The zero-order valence-corrected chi connectivity index (χ0v) is 22.8. The van der Waals surface area contributed by atoms with Crippen LogP contribution in [0.15, 0.2) is 4.99 Å². The molecule has 3 amide bonds. The van der Waals surface area contributed by atoms with Gasteiger partial charge in [0.2, 0.25) is 17.7 Å². The molecule has 0 aliphatic rings. The summed E-state index contributed by atoms with van der Waals surface area (Å²) in [5.41, 5.74) is 27.7. The summed E-state index contributed by atoms with van der Waals surface area (Å²) in [6.07, 6.45) is 3.79. The molecule has 0 radical (unpaired) electrons. The first kappa shape index (κ1) is 35.0. The highest BCUT2D eigenvalue weighted by Gasteiger charge is 2.30. The second kappa shape index (κ2) is 20.1. The molecule has 0 aromatic carbocycles. The lowest BCUT2D eigenvalue weighted by Crippen LogP contribution is -2.57. The number of hydrogen-bond donors (Lipinski definition) is 9. The molecule has 0 saturated heterocycles. The molecule has 38 heavy (non-hydrogen) atoms. The molecule has 14 nitrogen and oxygen atoms in total. The van der Waals surface area contributed by atoms with E-state index in [4.69, 9.17) is 28.7 Å². The Morgan fingerprint density at radius 2 is 1.18 bits per heavy atom. The Morgan fingerprint density at radius 1 is 0.737 bits per heavy atom. The SMILES string of the molecule is CC(C)C[C@H](N)C(=O)N[C@@H](CCCCN)C(=O)N[C@@H](CCCCN)C(=O)N[C@@H](CCCN=C(N)N)C(=O)O. The number of aliphatic imine (C=N–C) groups is 1. The highest BCUT2D eigenvalue weighted by atomic mass is 16.4. The molecule has 0 aromatic rings. The van der Waals surface area contributed by atoms with Gasteiger partial charge in [0.1, 0.15) is 18.1 Å². The van der Waals surface area contributed by atoms with Crippen molar-refractivity contribution in [3.63, 3.8) is 0 Å². The third kappa shape index (κ3) is 16.0. The average Bonchev–Trinajstić information content (AvgIpc) is 2.83. The van der Waals surface area contributed by atoms with Crippen LogP contribution in [0.5, 0.6) is 0 Å². The summed E-state index contributed by atoms with van der Waals surface area (Å²) in [5, 5.41) is 17.4. The van der Waals surface area contributed by atoms with Crippen LogP contribution in [0.2, 0.25) is 0 Å². The van der Waals surface area contributed by atoms with E-state index in [0.29, 0.717) is 58.0 Å². The van der Waals surface area contributed by atoms with Crippen molar-refractivity contribution in [3.8, 4) is 0 Å². The summed E-state index contributed by atoms with van der Waals surface area (Å²) in [7, 11) is 0. The monoisotopic (exact) mass is 543 g/mol. The Hall–Kier alpha value is -2.97. The summed E-state index contributed by atoms with van der Waals surface area (Å²) >= 11 is 0. The van der Waals surface area contributed by atoms with E-state index >= 15 is 0 Å². The molecule has 0 aromatic heterocycles. The van der Waals surface area contributed by atoms with Crippen LogP contribution in [0.25, 0.3) is 0 Å². The minimum Gasteiger partial charge on any atom is -0.480 e. The van der Waals surface area contributed by atoms with E-state index in [9.17, 15) is 24.3 Å². The molecule has 0 heterocycles. The second-order valence-corrected chi connectivity index (χ2v) is 9.78. The van der Waals surface area contributed by atoms with Crippen LogP contribution in [0, 0.1) is 5.92 Å². The molecule has 0 bridgehead atoms. The molecular weight excluding hydrogens is 494 g/mol. The van der Waals surface area contributed by atoms with Crippen LogP contribution in [-0.4, -0.2) is 78.6 Å². The van der Waals surface area contributed by atoms with Gasteiger partial charge >= 0.3 is 5.97 Å². The standard InChI is InChI=1S/C24H49N9O5/c1-15(2)14-16(27)20(34)31-17(8-3-5-11-25)21(35)32-18(9-4-6-12-26)22(36)33-19(23(37)38)10-7-13-30-24(28)29/h15-19H,3-14,25-27H2,1-2H3,(H,31,34)(H,32,35)(H,33,36)(H,37,38)(H4,28,29,30)/t16-,17-,18-,19-/m0/s1. The Labute approximate surface area is 225 Å². The average molecular weight is 544 g/mol. The fourth-order valence-electron chi connectivity index (χ4n) is 3.72. The van der Waals surface area contributed by atoms with E-state index in [1.165, 1.54) is 0 Å². The number of amides is 3. The third-order valence-corrected chi connectivity index (χ3v) is 5.78. The van der Waals surface area contributed by atoms with E-state index in [2.05, 4.69) is 20.9 Å². The summed E-state index contributed by atoms with van der Waals surface area (Å²) in [6.45, 7) is 4.92. The molecular formula is C24H49N9O5. The topological polar surface area (TPSA) is 267 Å². The van der Waals surface area contributed by atoms with Gasteiger partial charge in [-0.1, -0.05) is 13.8 Å². The van der Waals surface area contributed by atoms with Gasteiger partial charge < -0.3 is 49.7 Å². The molecule has 14 heteroatoms. The van der Waals surface area contributed by atoms with E-state index < -0.39 is 47.9 Å². The van der Waals surface area contributed by atoms with Crippen LogP contribution < -0.4 is 44.6 Å². The highest BCUT2D eigenvalue weighted by Crippen LogP contribution is 2.08. The lowest BCUT2D eigenvalue weighted by Gasteiger charge is -2.25. The Kier molecular flexibility index (Phi) is 18.5. The van der Waals surface area contributed by atoms with Crippen LogP contribution >= 0.6 is 0 Å². The molecule has 14 N–H and O–H groups in total. The Morgan fingerprint density at radius 3 is 1.61 bits per heavy atom. The molecule has 0 spiro atoms. The summed E-state index contributed by atoms with van der Waals surface area (Å²) in [5.74, 6) is -2.80. The fourth-order valence-corrected chi connectivity index (χ4v) is 3.72. The van der Waals surface area contributed by atoms with Crippen LogP contribution in [0.3, 0.4) is 0 Å². The first-order valence-electron chi connectivity index (χ1n) is 13.3. The number of guanidine groups is 1. The number of nitrogens with zero attached hydrogens (tertiary/aromatic N) is 1. The van der Waals surface area contributed by atoms with Crippen molar-refractivity contribution in [2.45, 2.75) is 95.8 Å². The number of carboxylic acid groups (broad SMARTS) is 1. The number of carboxylic acids is 1. The van der Waals surface area contributed by atoms with E-state index in [1.807, 2.05) is 13.8 Å². The first-order valence-corrected chi connectivity index (χ1v) is 13.3. The predicted molar refractivity (Wildman–Crippen MR) is 147 cm³/mol. The Balaban J connectivity index is 5.51. The smallest absolute Gasteiger partial charge is 0.326 e. The maximum atomic E-state index is 13.2. The highest BCUT2D eigenvalue weighted by molar-refractivity contribution is 5.94.